The van der Waals surface area contributed by atoms with Crippen LogP contribution < -0.4 is 5.32 Å². The Morgan fingerprint density at radius 1 is 1.11 bits per heavy atom. The van der Waals surface area contributed by atoms with E-state index in [0.29, 0.717) is 19.5 Å². The van der Waals surface area contributed by atoms with Crippen LogP contribution in [0.2, 0.25) is 0 Å². The maximum atomic E-state index is 12.7. The number of amides is 1. The molecule has 0 aliphatic carbocycles. The topological polar surface area (TPSA) is 73.0 Å². The predicted octanol–water partition coefficient (Wildman–Crippen LogP) is 1.42. The summed E-state index contributed by atoms with van der Waals surface area (Å²) < 4.78 is 27.3. The second-order valence-corrected chi connectivity index (χ2v) is 10.1. The molecule has 2 saturated heterocycles. The van der Waals surface area contributed by atoms with Gasteiger partial charge in [-0.3, -0.25) is 9.69 Å². The van der Waals surface area contributed by atoms with Crippen molar-refractivity contribution in [3.63, 3.8) is 0 Å². The van der Waals surface area contributed by atoms with Crippen molar-refractivity contribution in [1.29, 1.82) is 0 Å². The number of likely N-dealkylation sites (tertiary alicyclic amines) is 1. The normalized spacial score (nSPS) is 21.9. The Kier molecular flexibility index (Phi) is 7.09. The second-order valence-electron chi connectivity index (χ2n) is 7.96. The molecule has 156 valence electrons. The lowest BCUT2D eigenvalue weighted by atomic mass is 9.98. The number of benzene rings is 1. The van der Waals surface area contributed by atoms with Crippen molar-refractivity contribution in [2.75, 3.05) is 40.3 Å². The van der Waals surface area contributed by atoms with Gasteiger partial charge in [0.05, 0.1) is 5.92 Å². The number of piperidine rings is 1. The molecule has 28 heavy (non-hydrogen) atoms. The van der Waals surface area contributed by atoms with Crippen LogP contribution in [0.1, 0.15) is 36.8 Å². The highest BCUT2D eigenvalue weighted by Gasteiger charge is 2.33. The van der Waals surface area contributed by atoms with Crippen molar-refractivity contribution in [1.82, 2.24) is 18.8 Å². The van der Waals surface area contributed by atoms with Crippen molar-refractivity contribution in [2.24, 2.45) is 5.92 Å². The first kappa shape index (κ1) is 21.2. The van der Waals surface area contributed by atoms with Crippen LogP contribution in [0.15, 0.2) is 24.3 Å². The van der Waals surface area contributed by atoms with Gasteiger partial charge in [0.2, 0.25) is 5.91 Å². The standard InChI is InChI=1S/C20H32N4O3S/c1-22(2)28(26,27)24-13-7-10-19(16-24)20(25)21-14-17-8-3-4-9-18(17)15-23-11-5-6-12-23/h3-4,8-9,19H,5-7,10-16H2,1-2H3,(H,21,25). The maximum Gasteiger partial charge on any atom is 0.281 e. The zero-order valence-electron chi connectivity index (χ0n) is 16.9. The van der Waals surface area contributed by atoms with Crippen LogP contribution in [0.3, 0.4) is 0 Å². The van der Waals surface area contributed by atoms with Gasteiger partial charge in [-0.2, -0.15) is 17.0 Å². The van der Waals surface area contributed by atoms with Gasteiger partial charge >= 0.3 is 0 Å². The lowest BCUT2D eigenvalue weighted by Crippen LogP contribution is -2.48. The molecule has 7 nitrogen and oxygen atoms in total. The lowest BCUT2D eigenvalue weighted by molar-refractivity contribution is -0.126. The molecule has 2 fully saturated rings. The minimum atomic E-state index is -3.47. The summed E-state index contributed by atoms with van der Waals surface area (Å²) in [4.78, 5) is 15.2. The Bertz CT molecular complexity index is 775. The molecule has 2 aliphatic rings. The highest BCUT2D eigenvalue weighted by molar-refractivity contribution is 7.86. The Hall–Kier alpha value is -1.48. The van der Waals surface area contributed by atoms with Crippen molar-refractivity contribution < 1.29 is 13.2 Å². The van der Waals surface area contributed by atoms with Gasteiger partial charge in [-0.25, -0.2) is 0 Å². The molecule has 1 N–H and O–H groups in total. The van der Waals surface area contributed by atoms with E-state index >= 15 is 0 Å². The third kappa shape index (κ3) is 5.11. The molecule has 0 bridgehead atoms. The summed E-state index contributed by atoms with van der Waals surface area (Å²) in [6.07, 6.45) is 3.94. The van der Waals surface area contributed by atoms with E-state index in [1.165, 1.54) is 41.1 Å². The molecule has 1 aromatic carbocycles. The van der Waals surface area contributed by atoms with Gasteiger partial charge < -0.3 is 5.32 Å². The van der Waals surface area contributed by atoms with E-state index in [4.69, 9.17) is 0 Å². The fourth-order valence-corrected chi connectivity index (χ4v) is 5.18. The minimum absolute atomic E-state index is 0.0605. The van der Waals surface area contributed by atoms with E-state index in [-0.39, 0.29) is 18.4 Å². The molecular weight excluding hydrogens is 376 g/mol. The monoisotopic (exact) mass is 408 g/mol. The number of carbonyl (C=O) groups excluding carboxylic acids is 1. The molecule has 0 saturated carbocycles. The number of hydrogen-bond donors (Lipinski definition) is 1. The Morgan fingerprint density at radius 2 is 1.79 bits per heavy atom. The van der Waals surface area contributed by atoms with Gasteiger partial charge in [-0.05, 0) is 49.9 Å². The number of nitrogens with zero attached hydrogens (tertiary/aromatic N) is 3. The van der Waals surface area contributed by atoms with Crippen LogP contribution in [0, 0.1) is 5.92 Å². The molecule has 0 aromatic heterocycles. The molecule has 2 heterocycles. The molecule has 3 rings (SSSR count). The van der Waals surface area contributed by atoms with Crippen molar-refractivity contribution >= 4 is 16.1 Å². The van der Waals surface area contributed by atoms with Crippen molar-refractivity contribution in [3.8, 4) is 0 Å². The second kappa shape index (κ2) is 9.35. The number of rotatable bonds is 7. The first-order valence-corrected chi connectivity index (χ1v) is 11.5. The van der Waals surface area contributed by atoms with E-state index in [1.54, 1.807) is 0 Å². The molecule has 1 atom stereocenters. The number of carbonyl (C=O) groups is 1. The average molecular weight is 409 g/mol. The van der Waals surface area contributed by atoms with Crippen LogP contribution in [0.25, 0.3) is 0 Å². The van der Waals surface area contributed by atoms with Crippen LogP contribution in [0.4, 0.5) is 0 Å². The zero-order valence-corrected chi connectivity index (χ0v) is 17.7. The molecule has 1 unspecified atom stereocenters. The third-order valence-electron chi connectivity index (χ3n) is 5.71. The van der Waals surface area contributed by atoms with E-state index in [0.717, 1.165) is 31.6 Å². The van der Waals surface area contributed by atoms with Crippen molar-refractivity contribution in [3.05, 3.63) is 35.4 Å². The summed E-state index contributed by atoms with van der Waals surface area (Å²) in [5, 5.41) is 3.04. The van der Waals surface area contributed by atoms with E-state index in [9.17, 15) is 13.2 Å². The molecular formula is C20H32N4O3S. The molecule has 0 spiro atoms. The predicted molar refractivity (Wildman–Crippen MR) is 110 cm³/mol. The zero-order chi connectivity index (χ0) is 20.1. The SMILES string of the molecule is CN(C)S(=O)(=O)N1CCCC(C(=O)NCc2ccccc2CN2CCCC2)C1. The fraction of sp³-hybridized carbons (Fsp3) is 0.650. The van der Waals surface area contributed by atoms with Gasteiger partial charge in [-0.15, -0.1) is 0 Å². The van der Waals surface area contributed by atoms with Crippen LogP contribution in [-0.4, -0.2) is 68.1 Å². The first-order valence-electron chi connectivity index (χ1n) is 10.1. The average Bonchev–Trinajstić information content (AvgIpc) is 3.20. The molecule has 0 radical (unpaired) electrons. The van der Waals surface area contributed by atoms with Gasteiger partial charge in [-0.1, -0.05) is 24.3 Å². The van der Waals surface area contributed by atoms with Crippen LogP contribution >= 0.6 is 0 Å². The fourth-order valence-electron chi connectivity index (χ4n) is 3.99. The van der Waals surface area contributed by atoms with Gasteiger partial charge in [0.15, 0.2) is 0 Å². The smallest absolute Gasteiger partial charge is 0.281 e. The largest absolute Gasteiger partial charge is 0.352 e. The summed E-state index contributed by atoms with van der Waals surface area (Å²) in [5.41, 5.74) is 2.39. The molecule has 1 amide bonds. The highest BCUT2D eigenvalue weighted by atomic mass is 32.2. The van der Waals surface area contributed by atoms with E-state index in [1.807, 2.05) is 12.1 Å². The molecule has 1 aromatic rings. The maximum absolute atomic E-state index is 12.7. The summed E-state index contributed by atoms with van der Waals surface area (Å²) in [5.74, 6) is -0.358. The minimum Gasteiger partial charge on any atom is -0.352 e. The summed E-state index contributed by atoms with van der Waals surface area (Å²) in [6, 6.07) is 8.24. The van der Waals surface area contributed by atoms with E-state index < -0.39 is 10.2 Å². The summed E-state index contributed by atoms with van der Waals surface area (Å²) in [6.45, 7) is 4.41. The van der Waals surface area contributed by atoms with Crippen LogP contribution in [-0.2, 0) is 28.1 Å². The van der Waals surface area contributed by atoms with E-state index in [2.05, 4.69) is 22.3 Å². The third-order valence-corrected chi connectivity index (χ3v) is 7.61. The first-order chi connectivity index (χ1) is 13.4. The van der Waals surface area contributed by atoms with Gasteiger partial charge in [0, 0.05) is 40.3 Å². The quantitative estimate of drug-likeness (QED) is 0.741. The van der Waals surface area contributed by atoms with Crippen LogP contribution in [0.5, 0.6) is 0 Å². The molecule has 2 aliphatic heterocycles. The van der Waals surface area contributed by atoms with Crippen molar-refractivity contribution in [2.45, 2.75) is 38.8 Å². The number of hydrogen-bond acceptors (Lipinski definition) is 4. The highest BCUT2D eigenvalue weighted by Crippen LogP contribution is 2.21. The number of nitrogens with one attached hydrogen (secondary N) is 1. The Balaban J connectivity index is 1.58. The Morgan fingerprint density at radius 3 is 2.46 bits per heavy atom. The summed E-state index contributed by atoms with van der Waals surface area (Å²) in [7, 11) is -0.424. The van der Waals surface area contributed by atoms with Gasteiger partial charge in [0.1, 0.15) is 0 Å². The lowest BCUT2D eigenvalue weighted by Gasteiger charge is -2.32. The summed E-state index contributed by atoms with van der Waals surface area (Å²) >= 11 is 0. The Labute approximate surface area is 168 Å². The van der Waals surface area contributed by atoms with Gasteiger partial charge in [0.25, 0.3) is 10.2 Å². The molecule has 8 heteroatoms.